The number of carbonyl (C=O) groups is 2. The summed E-state index contributed by atoms with van der Waals surface area (Å²) in [5.41, 5.74) is 1.92. The summed E-state index contributed by atoms with van der Waals surface area (Å²) in [6, 6.07) is 10.9. The van der Waals surface area contributed by atoms with Crippen molar-refractivity contribution in [3.63, 3.8) is 0 Å². The third-order valence-electron chi connectivity index (χ3n) is 4.28. The van der Waals surface area contributed by atoms with Crippen molar-refractivity contribution in [1.82, 2.24) is 10.0 Å². The van der Waals surface area contributed by atoms with Gasteiger partial charge in [-0.3, -0.25) is 9.59 Å². The normalized spacial score (nSPS) is 13.9. The summed E-state index contributed by atoms with van der Waals surface area (Å²) in [7, 11) is -2.11. The van der Waals surface area contributed by atoms with E-state index in [0.29, 0.717) is 11.3 Å². The van der Waals surface area contributed by atoms with Gasteiger partial charge in [0, 0.05) is 29.9 Å². The van der Waals surface area contributed by atoms with Gasteiger partial charge in [0.1, 0.15) is 0 Å². The van der Waals surface area contributed by atoms with E-state index >= 15 is 0 Å². The molecule has 0 aliphatic heterocycles. The maximum atomic E-state index is 12.6. The number of nitrogens with one attached hydrogen (secondary N) is 3. The number of rotatable bonds is 6. The van der Waals surface area contributed by atoms with Gasteiger partial charge in [-0.1, -0.05) is 12.1 Å². The summed E-state index contributed by atoms with van der Waals surface area (Å²) >= 11 is 0. The van der Waals surface area contributed by atoms with Crippen molar-refractivity contribution >= 4 is 27.5 Å². The molecule has 0 aromatic heterocycles. The highest BCUT2D eigenvalue weighted by atomic mass is 32.2. The second-order valence-corrected chi connectivity index (χ2v) is 8.20. The van der Waals surface area contributed by atoms with Crippen molar-refractivity contribution in [2.24, 2.45) is 0 Å². The summed E-state index contributed by atoms with van der Waals surface area (Å²) in [4.78, 5) is 24.4. The van der Waals surface area contributed by atoms with Crippen molar-refractivity contribution < 1.29 is 18.0 Å². The van der Waals surface area contributed by atoms with E-state index in [1.165, 1.54) is 25.2 Å². The molecule has 1 fully saturated rings. The number of hydrogen-bond donors (Lipinski definition) is 3. The molecular formula is C19H21N3O4S. The minimum atomic E-state index is -3.64. The van der Waals surface area contributed by atoms with Gasteiger partial charge in [-0.05, 0) is 55.7 Å². The molecule has 2 amide bonds. The van der Waals surface area contributed by atoms with Crippen LogP contribution in [0, 0.1) is 6.92 Å². The van der Waals surface area contributed by atoms with Gasteiger partial charge in [-0.2, -0.15) is 0 Å². The molecule has 0 heterocycles. The lowest BCUT2D eigenvalue weighted by Crippen LogP contribution is -2.26. The number of sulfonamides is 1. The number of benzene rings is 2. The zero-order valence-corrected chi connectivity index (χ0v) is 15.9. The molecule has 7 nitrogen and oxygen atoms in total. The summed E-state index contributed by atoms with van der Waals surface area (Å²) in [6.45, 7) is 1.81. The van der Waals surface area contributed by atoms with Crippen LogP contribution >= 0.6 is 0 Å². The Morgan fingerprint density at radius 3 is 2.37 bits per heavy atom. The number of aryl methyl sites for hydroxylation is 1. The van der Waals surface area contributed by atoms with E-state index < -0.39 is 15.9 Å². The van der Waals surface area contributed by atoms with Crippen LogP contribution in [0.3, 0.4) is 0 Å². The standard InChI is InChI=1S/C19H21N3O4S/c1-12-6-7-14(18(23)20-2)11-17(12)21-19(24)13-4-3-5-16(10-13)27(25,26)22-15-8-9-15/h3-7,10-11,15,22H,8-9H2,1-2H3,(H,20,23)(H,21,24). The molecular weight excluding hydrogens is 366 g/mol. The summed E-state index contributed by atoms with van der Waals surface area (Å²) in [5, 5.41) is 5.28. The Hall–Kier alpha value is -2.71. The lowest BCUT2D eigenvalue weighted by molar-refractivity contribution is 0.0961. The Balaban J connectivity index is 1.82. The van der Waals surface area contributed by atoms with Crippen LogP contribution in [-0.2, 0) is 10.0 Å². The fourth-order valence-electron chi connectivity index (χ4n) is 2.53. The fraction of sp³-hybridized carbons (Fsp3) is 0.263. The first-order valence-electron chi connectivity index (χ1n) is 8.56. The third kappa shape index (κ3) is 4.53. The molecule has 0 radical (unpaired) electrons. The smallest absolute Gasteiger partial charge is 0.255 e. The average Bonchev–Trinajstić information content (AvgIpc) is 3.46. The molecule has 0 saturated heterocycles. The van der Waals surface area contributed by atoms with Crippen LogP contribution in [0.4, 0.5) is 5.69 Å². The van der Waals surface area contributed by atoms with Gasteiger partial charge in [0.05, 0.1) is 4.90 Å². The number of anilines is 1. The van der Waals surface area contributed by atoms with Gasteiger partial charge < -0.3 is 10.6 Å². The van der Waals surface area contributed by atoms with E-state index in [0.717, 1.165) is 18.4 Å². The minimum Gasteiger partial charge on any atom is -0.355 e. The Morgan fingerprint density at radius 2 is 1.70 bits per heavy atom. The van der Waals surface area contributed by atoms with E-state index in [4.69, 9.17) is 0 Å². The van der Waals surface area contributed by atoms with Gasteiger partial charge in [0.15, 0.2) is 0 Å². The molecule has 2 aromatic carbocycles. The zero-order valence-electron chi connectivity index (χ0n) is 15.1. The summed E-state index contributed by atoms with van der Waals surface area (Å²) < 4.78 is 27.3. The molecule has 0 unspecified atom stereocenters. The van der Waals surface area contributed by atoms with Crippen molar-refractivity contribution in [2.75, 3.05) is 12.4 Å². The van der Waals surface area contributed by atoms with E-state index in [1.807, 2.05) is 6.92 Å². The minimum absolute atomic E-state index is 0.0115. The van der Waals surface area contributed by atoms with Crippen LogP contribution in [0.25, 0.3) is 0 Å². The van der Waals surface area contributed by atoms with Gasteiger partial charge in [-0.15, -0.1) is 0 Å². The lowest BCUT2D eigenvalue weighted by Gasteiger charge is -2.11. The lowest BCUT2D eigenvalue weighted by atomic mass is 10.1. The SMILES string of the molecule is CNC(=O)c1ccc(C)c(NC(=O)c2cccc(S(=O)(=O)NC3CC3)c2)c1. The Morgan fingerprint density at radius 1 is 1.00 bits per heavy atom. The van der Waals surface area contributed by atoms with Crippen LogP contribution in [0.1, 0.15) is 39.1 Å². The first-order chi connectivity index (χ1) is 12.8. The molecule has 1 aliphatic rings. The van der Waals surface area contributed by atoms with Crippen LogP contribution < -0.4 is 15.4 Å². The second-order valence-electron chi connectivity index (χ2n) is 6.49. The second kappa shape index (κ2) is 7.50. The Kier molecular flexibility index (Phi) is 5.29. The van der Waals surface area contributed by atoms with Crippen LogP contribution in [0.2, 0.25) is 0 Å². The molecule has 2 aromatic rings. The van der Waals surface area contributed by atoms with Crippen molar-refractivity contribution in [1.29, 1.82) is 0 Å². The molecule has 1 saturated carbocycles. The number of hydrogen-bond acceptors (Lipinski definition) is 4. The Bertz CT molecular complexity index is 998. The van der Waals surface area contributed by atoms with E-state index in [-0.39, 0.29) is 22.4 Å². The molecule has 0 atom stereocenters. The molecule has 3 rings (SSSR count). The first kappa shape index (κ1) is 19.1. The Labute approximate surface area is 158 Å². The zero-order chi connectivity index (χ0) is 19.6. The van der Waals surface area contributed by atoms with E-state index in [1.54, 1.807) is 24.3 Å². The highest BCUT2D eigenvalue weighted by Crippen LogP contribution is 2.23. The topological polar surface area (TPSA) is 104 Å². The molecule has 3 N–H and O–H groups in total. The fourth-order valence-corrected chi connectivity index (χ4v) is 3.88. The van der Waals surface area contributed by atoms with Crippen molar-refractivity contribution in [3.05, 3.63) is 59.2 Å². The first-order valence-corrected chi connectivity index (χ1v) is 10.0. The van der Waals surface area contributed by atoms with Crippen molar-refractivity contribution in [3.8, 4) is 0 Å². The van der Waals surface area contributed by atoms with E-state index in [9.17, 15) is 18.0 Å². The number of amides is 2. The van der Waals surface area contributed by atoms with Gasteiger partial charge in [0.2, 0.25) is 10.0 Å². The predicted molar refractivity (Wildman–Crippen MR) is 102 cm³/mol. The van der Waals surface area contributed by atoms with Gasteiger partial charge >= 0.3 is 0 Å². The summed E-state index contributed by atoms with van der Waals surface area (Å²) in [6.07, 6.45) is 1.67. The van der Waals surface area contributed by atoms with Gasteiger partial charge in [0.25, 0.3) is 11.8 Å². The molecule has 8 heteroatoms. The quantitative estimate of drug-likeness (QED) is 0.705. The third-order valence-corrected chi connectivity index (χ3v) is 5.80. The average molecular weight is 387 g/mol. The maximum absolute atomic E-state index is 12.6. The van der Waals surface area contributed by atoms with Crippen molar-refractivity contribution in [2.45, 2.75) is 30.7 Å². The molecule has 1 aliphatic carbocycles. The monoisotopic (exact) mass is 387 g/mol. The van der Waals surface area contributed by atoms with Crippen LogP contribution in [0.15, 0.2) is 47.4 Å². The highest BCUT2D eigenvalue weighted by molar-refractivity contribution is 7.89. The molecule has 142 valence electrons. The largest absolute Gasteiger partial charge is 0.355 e. The molecule has 0 bridgehead atoms. The number of carbonyl (C=O) groups excluding carboxylic acids is 2. The van der Waals surface area contributed by atoms with Crippen LogP contribution in [0.5, 0.6) is 0 Å². The predicted octanol–water partition coefficient (Wildman–Crippen LogP) is 2.05. The van der Waals surface area contributed by atoms with Gasteiger partial charge in [-0.25, -0.2) is 13.1 Å². The molecule has 27 heavy (non-hydrogen) atoms. The van der Waals surface area contributed by atoms with E-state index in [2.05, 4.69) is 15.4 Å². The maximum Gasteiger partial charge on any atom is 0.255 e. The van der Waals surface area contributed by atoms with Crippen LogP contribution in [-0.4, -0.2) is 33.3 Å². The molecule has 0 spiro atoms. The highest BCUT2D eigenvalue weighted by Gasteiger charge is 2.28. The summed E-state index contributed by atoms with van der Waals surface area (Å²) in [5.74, 6) is -0.708.